The molecule has 29 heavy (non-hydrogen) atoms. The molecule has 2 heterocycles. The molecule has 0 spiro atoms. The molecule has 0 amide bonds. The van der Waals surface area contributed by atoms with Gasteiger partial charge in [0.1, 0.15) is 11.6 Å². The van der Waals surface area contributed by atoms with Crippen molar-refractivity contribution in [3.8, 4) is 11.4 Å². The molecule has 0 aliphatic carbocycles. The molecule has 1 fully saturated rings. The van der Waals surface area contributed by atoms with Crippen molar-refractivity contribution in [3.05, 3.63) is 71.1 Å². The summed E-state index contributed by atoms with van der Waals surface area (Å²) in [6.07, 6.45) is 0.985. The number of hydrogen-bond donors (Lipinski definition) is 0. The monoisotopic (exact) mass is 398 g/mol. The summed E-state index contributed by atoms with van der Waals surface area (Å²) in [6, 6.07) is 11.9. The highest BCUT2D eigenvalue weighted by Gasteiger charge is 2.19. The standard InChI is InChI=1S/C22H24F2N4O/c1-16-7-8-17(13-20(16)24)22-25-21(29-26-22)15-28-10-4-9-27(11-12-28)14-18-5-2-3-6-19(18)23/h2-3,5-8,13H,4,9-12,14-15H2,1H3. The molecule has 3 aromatic rings. The zero-order valence-corrected chi connectivity index (χ0v) is 16.4. The van der Waals surface area contributed by atoms with Crippen LogP contribution in [0, 0.1) is 18.6 Å². The summed E-state index contributed by atoms with van der Waals surface area (Å²) in [6.45, 7) is 6.39. The zero-order chi connectivity index (χ0) is 20.2. The Morgan fingerprint density at radius 1 is 0.931 bits per heavy atom. The van der Waals surface area contributed by atoms with Crippen LogP contribution in [0.4, 0.5) is 8.78 Å². The second kappa shape index (κ2) is 8.80. The minimum atomic E-state index is -0.281. The van der Waals surface area contributed by atoms with Crippen molar-refractivity contribution in [1.82, 2.24) is 19.9 Å². The molecular formula is C22H24F2N4O. The Labute approximate surface area is 168 Å². The van der Waals surface area contributed by atoms with Crippen LogP contribution in [0.3, 0.4) is 0 Å². The first-order valence-electron chi connectivity index (χ1n) is 9.86. The maximum absolute atomic E-state index is 13.9. The van der Waals surface area contributed by atoms with Crippen LogP contribution in [0.1, 0.15) is 23.4 Å². The Morgan fingerprint density at radius 2 is 1.69 bits per heavy atom. The van der Waals surface area contributed by atoms with Crippen LogP contribution in [-0.2, 0) is 13.1 Å². The quantitative estimate of drug-likeness (QED) is 0.649. The van der Waals surface area contributed by atoms with E-state index in [-0.39, 0.29) is 11.6 Å². The second-order valence-electron chi connectivity index (χ2n) is 7.47. The largest absolute Gasteiger partial charge is 0.338 e. The Bertz CT molecular complexity index is 975. The van der Waals surface area contributed by atoms with Gasteiger partial charge in [-0.1, -0.05) is 35.5 Å². The van der Waals surface area contributed by atoms with Crippen LogP contribution in [0.5, 0.6) is 0 Å². The van der Waals surface area contributed by atoms with Crippen LogP contribution in [-0.4, -0.2) is 46.1 Å². The molecule has 152 valence electrons. The van der Waals surface area contributed by atoms with Gasteiger partial charge in [-0.3, -0.25) is 9.80 Å². The lowest BCUT2D eigenvalue weighted by Crippen LogP contribution is -2.30. The summed E-state index contributed by atoms with van der Waals surface area (Å²) in [5.41, 5.74) is 1.92. The van der Waals surface area contributed by atoms with Crippen LogP contribution in [0.2, 0.25) is 0 Å². The Kier molecular flexibility index (Phi) is 5.97. The number of aromatic nitrogens is 2. The van der Waals surface area contributed by atoms with E-state index in [9.17, 15) is 8.78 Å². The third kappa shape index (κ3) is 4.86. The fraction of sp³-hybridized carbons (Fsp3) is 0.364. The molecule has 7 heteroatoms. The van der Waals surface area contributed by atoms with Gasteiger partial charge in [0.15, 0.2) is 0 Å². The van der Waals surface area contributed by atoms with Gasteiger partial charge in [-0.15, -0.1) is 0 Å². The van der Waals surface area contributed by atoms with Crippen molar-refractivity contribution in [2.45, 2.75) is 26.4 Å². The summed E-state index contributed by atoms with van der Waals surface area (Å²) in [5.74, 6) is 0.481. The number of rotatable bonds is 5. The average molecular weight is 398 g/mol. The van der Waals surface area contributed by atoms with Gasteiger partial charge in [0.25, 0.3) is 0 Å². The van der Waals surface area contributed by atoms with Gasteiger partial charge in [-0.2, -0.15) is 4.98 Å². The van der Waals surface area contributed by atoms with E-state index in [1.807, 2.05) is 12.1 Å². The summed E-state index contributed by atoms with van der Waals surface area (Å²) in [5, 5.41) is 4.00. The van der Waals surface area contributed by atoms with E-state index in [1.54, 1.807) is 25.1 Å². The highest BCUT2D eigenvalue weighted by Crippen LogP contribution is 2.20. The summed E-state index contributed by atoms with van der Waals surface area (Å²) in [4.78, 5) is 8.95. The first kappa shape index (κ1) is 19.7. The topological polar surface area (TPSA) is 45.4 Å². The molecule has 4 rings (SSSR count). The minimum Gasteiger partial charge on any atom is -0.338 e. The minimum absolute atomic E-state index is 0.153. The molecule has 0 bridgehead atoms. The van der Waals surface area contributed by atoms with Gasteiger partial charge in [-0.05, 0) is 44.1 Å². The van der Waals surface area contributed by atoms with Crippen LogP contribution in [0.25, 0.3) is 11.4 Å². The molecule has 5 nitrogen and oxygen atoms in total. The molecule has 1 aliphatic heterocycles. The average Bonchev–Trinajstić information content (AvgIpc) is 3.06. The highest BCUT2D eigenvalue weighted by atomic mass is 19.1. The molecule has 0 radical (unpaired) electrons. The third-order valence-corrected chi connectivity index (χ3v) is 5.29. The predicted molar refractivity (Wildman–Crippen MR) is 106 cm³/mol. The SMILES string of the molecule is Cc1ccc(-c2noc(CN3CCCN(Cc4ccccc4F)CC3)n2)cc1F. The van der Waals surface area contributed by atoms with E-state index in [0.29, 0.717) is 35.9 Å². The van der Waals surface area contributed by atoms with Crippen molar-refractivity contribution in [3.63, 3.8) is 0 Å². The summed E-state index contributed by atoms with van der Waals surface area (Å²) >= 11 is 0. The number of halogens is 2. The fourth-order valence-electron chi connectivity index (χ4n) is 3.57. The van der Waals surface area contributed by atoms with Gasteiger partial charge in [0.05, 0.1) is 6.54 Å². The van der Waals surface area contributed by atoms with Crippen molar-refractivity contribution in [2.75, 3.05) is 26.2 Å². The fourth-order valence-corrected chi connectivity index (χ4v) is 3.57. The first-order chi connectivity index (χ1) is 14.1. The lowest BCUT2D eigenvalue weighted by molar-refractivity contribution is 0.221. The van der Waals surface area contributed by atoms with Gasteiger partial charge in [-0.25, -0.2) is 8.78 Å². The van der Waals surface area contributed by atoms with Gasteiger partial charge in [0, 0.05) is 30.8 Å². The van der Waals surface area contributed by atoms with Crippen LogP contribution < -0.4 is 0 Å². The molecule has 0 saturated carbocycles. The molecule has 1 saturated heterocycles. The molecule has 0 N–H and O–H groups in total. The molecule has 1 aromatic heterocycles. The van der Waals surface area contributed by atoms with Gasteiger partial charge in [0.2, 0.25) is 11.7 Å². The lowest BCUT2D eigenvalue weighted by atomic mass is 10.1. The summed E-state index contributed by atoms with van der Waals surface area (Å²) in [7, 11) is 0. The molecular weight excluding hydrogens is 374 g/mol. The molecule has 0 atom stereocenters. The predicted octanol–water partition coefficient (Wildman–Crippen LogP) is 4.03. The van der Waals surface area contributed by atoms with Crippen molar-refractivity contribution in [1.29, 1.82) is 0 Å². The number of benzene rings is 2. The van der Waals surface area contributed by atoms with Crippen molar-refractivity contribution >= 4 is 0 Å². The smallest absolute Gasteiger partial charge is 0.241 e. The highest BCUT2D eigenvalue weighted by molar-refractivity contribution is 5.54. The maximum atomic E-state index is 13.9. The zero-order valence-electron chi connectivity index (χ0n) is 16.4. The van der Waals surface area contributed by atoms with E-state index in [2.05, 4.69) is 19.9 Å². The maximum Gasteiger partial charge on any atom is 0.241 e. The van der Waals surface area contributed by atoms with Crippen molar-refractivity contribution in [2.24, 2.45) is 0 Å². The van der Waals surface area contributed by atoms with Crippen LogP contribution >= 0.6 is 0 Å². The van der Waals surface area contributed by atoms with E-state index < -0.39 is 0 Å². The van der Waals surface area contributed by atoms with E-state index in [1.165, 1.54) is 12.1 Å². The Balaban J connectivity index is 1.35. The lowest BCUT2D eigenvalue weighted by Gasteiger charge is -2.21. The molecule has 1 aliphatic rings. The van der Waals surface area contributed by atoms with Gasteiger partial charge < -0.3 is 4.52 Å². The van der Waals surface area contributed by atoms with Crippen LogP contribution in [0.15, 0.2) is 47.0 Å². The Morgan fingerprint density at radius 3 is 2.45 bits per heavy atom. The van der Waals surface area contributed by atoms with E-state index in [0.717, 1.165) is 38.2 Å². The van der Waals surface area contributed by atoms with Crippen molar-refractivity contribution < 1.29 is 13.3 Å². The van der Waals surface area contributed by atoms with E-state index >= 15 is 0 Å². The number of nitrogens with zero attached hydrogens (tertiary/aromatic N) is 4. The molecule has 0 unspecified atom stereocenters. The first-order valence-corrected chi connectivity index (χ1v) is 9.86. The second-order valence-corrected chi connectivity index (χ2v) is 7.47. The van der Waals surface area contributed by atoms with E-state index in [4.69, 9.17) is 4.52 Å². The number of hydrogen-bond acceptors (Lipinski definition) is 5. The molecule has 2 aromatic carbocycles. The normalized spacial score (nSPS) is 16.1. The van der Waals surface area contributed by atoms with Gasteiger partial charge >= 0.3 is 0 Å². The number of aryl methyl sites for hydroxylation is 1. The third-order valence-electron chi connectivity index (χ3n) is 5.29. The Hall–Kier alpha value is -2.64. The summed E-state index contributed by atoms with van der Waals surface area (Å²) < 4.78 is 33.1.